The quantitative estimate of drug-likeness (QED) is 0.0946. The number of esters is 8. The van der Waals surface area contributed by atoms with Gasteiger partial charge in [-0.1, -0.05) is 60.7 Å². The molecule has 0 amide bonds. The van der Waals surface area contributed by atoms with Crippen LogP contribution in [0.1, 0.15) is 65.7 Å². The highest BCUT2D eigenvalue weighted by atomic mass is 16.8. The molecule has 2 saturated heterocycles. The Morgan fingerprint density at radius 1 is 0.507 bits per heavy atom. The molecular weight excluding hydrogens is 884 g/mol. The zero-order valence-electron chi connectivity index (χ0n) is 37.1. The third-order valence-electron chi connectivity index (χ3n) is 9.72. The van der Waals surface area contributed by atoms with E-state index >= 15 is 0 Å². The lowest BCUT2D eigenvalue weighted by Gasteiger charge is -2.47. The second-order valence-corrected chi connectivity index (χ2v) is 14.8. The van der Waals surface area contributed by atoms with E-state index in [1.807, 2.05) is 0 Å². The third kappa shape index (κ3) is 14.5. The minimum absolute atomic E-state index is 0.0524. The van der Waals surface area contributed by atoms with Gasteiger partial charge >= 0.3 is 47.8 Å². The third-order valence-corrected chi connectivity index (χ3v) is 9.72. The highest BCUT2D eigenvalue weighted by Crippen LogP contribution is 2.35. The molecule has 2 fully saturated rings. The molecule has 0 saturated carbocycles. The molecule has 20 nitrogen and oxygen atoms in total. The van der Waals surface area contributed by atoms with E-state index in [9.17, 15) is 38.4 Å². The number of ether oxygens (including phenoxy) is 12. The van der Waals surface area contributed by atoms with Crippen LogP contribution in [0.15, 0.2) is 104 Å². The summed E-state index contributed by atoms with van der Waals surface area (Å²) in [6.45, 7) is 7.22. The van der Waals surface area contributed by atoms with Crippen LogP contribution in [0.25, 0.3) is 0 Å². The van der Waals surface area contributed by atoms with Crippen LogP contribution >= 0.6 is 0 Å². The van der Waals surface area contributed by atoms with Crippen LogP contribution in [-0.2, 0) is 80.8 Å². The molecule has 2 heterocycles. The molecule has 67 heavy (non-hydrogen) atoms. The first-order chi connectivity index (χ1) is 32.1. The van der Waals surface area contributed by atoms with Gasteiger partial charge in [0.15, 0.2) is 55.3 Å². The number of carbonyl (C=O) groups excluding carboxylic acids is 8. The lowest BCUT2D eigenvalue weighted by atomic mass is 9.94. The van der Waals surface area contributed by atoms with Gasteiger partial charge in [-0.15, -0.1) is 6.58 Å². The summed E-state index contributed by atoms with van der Waals surface area (Å²) < 4.78 is 70.4. The lowest BCUT2D eigenvalue weighted by molar-refractivity contribution is -0.336. The molecule has 3 aromatic rings. The molecule has 0 unspecified atom stereocenters. The highest BCUT2D eigenvalue weighted by molar-refractivity contribution is 5.91. The van der Waals surface area contributed by atoms with Crippen molar-refractivity contribution in [3.8, 4) is 0 Å². The van der Waals surface area contributed by atoms with Crippen LogP contribution in [0.5, 0.6) is 0 Å². The van der Waals surface area contributed by atoms with E-state index < -0.39 is 128 Å². The number of carbonyl (C=O) groups is 8. The summed E-state index contributed by atoms with van der Waals surface area (Å²) in [5.41, 5.74) is 0.209. The summed E-state index contributed by atoms with van der Waals surface area (Å²) in [4.78, 5) is 104. The van der Waals surface area contributed by atoms with E-state index in [2.05, 4.69) is 6.58 Å². The largest absolute Gasteiger partial charge is 0.462 e. The van der Waals surface area contributed by atoms with E-state index in [0.717, 1.165) is 34.6 Å². The van der Waals surface area contributed by atoms with E-state index in [1.54, 1.807) is 54.6 Å². The van der Waals surface area contributed by atoms with Crippen LogP contribution < -0.4 is 0 Å². The smallest absolute Gasteiger partial charge is 0.338 e. The predicted molar refractivity (Wildman–Crippen MR) is 225 cm³/mol. The van der Waals surface area contributed by atoms with Gasteiger partial charge in [0.25, 0.3) is 0 Å². The molecule has 0 spiro atoms. The van der Waals surface area contributed by atoms with Gasteiger partial charge in [0.1, 0.15) is 18.8 Å². The highest BCUT2D eigenvalue weighted by Gasteiger charge is 2.57. The summed E-state index contributed by atoms with van der Waals surface area (Å²) in [6, 6.07) is 23.3. The van der Waals surface area contributed by atoms with Crippen molar-refractivity contribution < 1.29 is 95.2 Å². The molecule has 0 aromatic heterocycles. The molecule has 0 radical (unpaired) electrons. The van der Waals surface area contributed by atoms with Crippen molar-refractivity contribution in [1.29, 1.82) is 0 Å². The van der Waals surface area contributed by atoms with Crippen LogP contribution in [0.4, 0.5) is 0 Å². The fraction of sp³-hybridized carbons (Fsp3) is 0.404. The molecule has 2 aliphatic rings. The zero-order chi connectivity index (χ0) is 48.6. The Morgan fingerprint density at radius 3 is 1.39 bits per heavy atom. The minimum atomic E-state index is -1.86. The molecule has 0 aliphatic carbocycles. The maximum absolute atomic E-state index is 14.0. The molecule has 0 N–H and O–H groups in total. The summed E-state index contributed by atoms with van der Waals surface area (Å²) in [7, 11) is 0. The fourth-order valence-corrected chi connectivity index (χ4v) is 7.04. The van der Waals surface area contributed by atoms with E-state index in [-0.39, 0.29) is 23.3 Å². The van der Waals surface area contributed by atoms with Gasteiger partial charge in [-0.2, -0.15) is 0 Å². The second-order valence-electron chi connectivity index (χ2n) is 14.8. The molecule has 5 rings (SSSR count). The van der Waals surface area contributed by atoms with Crippen molar-refractivity contribution in [2.24, 2.45) is 0 Å². The van der Waals surface area contributed by atoms with Crippen LogP contribution in [0, 0.1) is 0 Å². The maximum atomic E-state index is 14.0. The Kier molecular flexibility index (Phi) is 18.6. The van der Waals surface area contributed by atoms with E-state index in [4.69, 9.17) is 56.8 Å². The van der Waals surface area contributed by atoms with Crippen LogP contribution in [0.3, 0.4) is 0 Å². The molecular formula is C47H50O20. The molecule has 2 aliphatic heterocycles. The van der Waals surface area contributed by atoms with Gasteiger partial charge in [0.05, 0.1) is 29.9 Å². The van der Waals surface area contributed by atoms with Crippen LogP contribution in [0.2, 0.25) is 0 Å². The first-order valence-electron chi connectivity index (χ1n) is 20.8. The topological polar surface area (TPSA) is 247 Å². The first-order valence-corrected chi connectivity index (χ1v) is 20.8. The van der Waals surface area contributed by atoms with Crippen molar-refractivity contribution in [2.45, 2.75) is 102 Å². The minimum Gasteiger partial charge on any atom is -0.462 e. The Hall–Kier alpha value is -7.00. The maximum Gasteiger partial charge on any atom is 0.338 e. The summed E-state index contributed by atoms with van der Waals surface area (Å²) in [6.07, 6.45) is -17.2. The number of hydrogen-bond acceptors (Lipinski definition) is 20. The Bertz CT molecular complexity index is 2200. The van der Waals surface area contributed by atoms with Gasteiger partial charge in [-0.25, -0.2) is 14.4 Å². The monoisotopic (exact) mass is 934 g/mol. The molecule has 11 atom stereocenters. The lowest BCUT2D eigenvalue weighted by Crippen LogP contribution is -2.66. The van der Waals surface area contributed by atoms with Crippen molar-refractivity contribution >= 4 is 47.8 Å². The van der Waals surface area contributed by atoms with E-state index in [1.165, 1.54) is 42.5 Å². The SMILES string of the molecule is C=CCO[C@H]1O[C@H](CO[C@H]2O[C@H]([C@H](COC(C)=O)OC(C)=O)[C@@H](OC(C)=O)[C@H](OC(C)=O)[C@@H]2OC(C)=O)[C@@H](OC(=O)c2ccccc2)[C@H](OC(=O)c2ccccc2)[C@H]1OC(=O)c1ccccc1. The van der Waals surface area contributed by atoms with E-state index in [0.29, 0.717) is 0 Å². The van der Waals surface area contributed by atoms with Crippen molar-refractivity contribution in [1.82, 2.24) is 0 Å². The Morgan fingerprint density at radius 2 is 0.925 bits per heavy atom. The first kappa shape index (κ1) is 51.0. The predicted octanol–water partition coefficient (Wildman–Crippen LogP) is 3.62. The number of hydrogen-bond donors (Lipinski definition) is 0. The molecule has 20 heteroatoms. The summed E-state index contributed by atoms with van der Waals surface area (Å²) in [5.74, 6) is -7.31. The van der Waals surface area contributed by atoms with Gasteiger partial charge in [0.2, 0.25) is 0 Å². The van der Waals surface area contributed by atoms with Crippen molar-refractivity contribution in [3.63, 3.8) is 0 Å². The number of benzene rings is 3. The molecule has 3 aromatic carbocycles. The van der Waals surface area contributed by atoms with Gasteiger partial charge in [-0.3, -0.25) is 24.0 Å². The summed E-state index contributed by atoms with van der Waals surface area (Å²) in [5, 5.41) is 0. The Labute approximate surface area is 384 Å². The standard InChI is InChI=1S/C47H50O20/c1-7-23-56-46-42(66-45(55)33-21-15-10-16-22-33)39(65-44(54)32-19-13-9-14-20-32)36(64-43(53)31-17-11-8-12-18-31)35(63-46)25-58-47-41(62-30(6)52)40(61-29(5)51)38(60-28(4)50)37(67-47)34(59-27(3)49)24-57-26(2)48/h7-22,34-42,46-47H,1,23-25H2,2-6H3/t34-,35+,36+,37+,38+,39-,40-,41-,42+,46-,47-/m0/s1. The van der Waals surface area contributed by atoms with Crippen LogP contribution in [-0.4, -0.2) is 135 Å². The summed E-state index contributed by atoms with van der Waals surface area (Å²) >= 11 is 0. The zero-order valence-corrected chi connectivity index (χ0v) is 37.1. The average molecular weight is 935 g/mol. The van der Waals surface area contributed by atoms with Gasteiger partial charge < -0.3 is 56.8 Å². The average Bonchev–Trinajstić information content (AvgIpc) is 3.29. The van der Waals surface area contributed by atoms with Crippen molar-refractivity contribution in [3.05, 3.63) is 120 Å². The Balaban J connectivity index is 1.63. The number of rotatable bonds is 19. The van der Waals surface area contributed by atoms with Crippen molar-refractivity contribution in [2.75, 3.05) is 19.8 Å². The fourth-order valence-electron chi connectivity index (χ4n) is 7.04. The molecule has 358 valence electrons. The van der Waals surface area contributed by atoms with Gasteiger partial charge in [-0.05, 0) is 36.4 Å². The normalized spacial score (nSPS) is 24.9. The molecule has 0 bridgehead atoms. The second kappa shape index (κ2) is 24.5. The van der Waals surface area contributed by atoms with Gasteiger partial charge in [0, 0.05) is 34.6 Å².